The van der Waals surface area contributed by atoms with Crippen molar-refractivity contribution in [2.24, 2.45) is 0 Å². The predicted octanol–water partition coefficient (Wildman–Crippen LogP) is 5.70. The summed E-state index contributed by atoms with van der Waals surface area (Å²) in [5.41, 5.74) is 2.92. The van der Waals surface area contributed by atoms with Gasteiger partial charge in [0.25, 0.3) is 5.91 Å². The standard InChI is InChI=1S/C24H25NO2S/c1-18(2)27-22-14-10-19(11-15-22)16-25-24(26)21-12-8-20(9-13-21)17-28-23-6-4-3-5-7-23/h3-15,18H,16-17H2,1-2H3,(H,25,26). The van der Waals surface area contributed by atoms with E-state index in [0.29, 0.717) is 12.1 Å². The number of hydrogen-bond donors (Lipinski definition) is 1. The minimum absolute atomic E-state index is 0.0650. The molecule has 0 heterocycles. The molecule has 0 aromatic heterocycles. The van der Waals surface area contributed by atoms with Gasteiger partial charge in [0.2, 0.25) is 0 Å². The molecule has 0 aliphatic carbocycles. The number of rotatable bonds is 8. The molecular weight excluding hydrogens is 366 g/mol. The first-order valence-corrected chi connectivity index (χ1v) is 10.4. The second-order valence-corrected chi connectivity index (χ2v) is 7.84. The first-order valence-electron chi connectivity index (χ1n) is 9.41. The molecule has 4 heteroatoms. The van der Waals surface area contributed by atoms with Gasteiger partial charge in [-0.15, -0.1) is 11.8 Å². The fourth-order valence-electron chi connectivity index (χ4n) is 2.68. The zero-order valence-electron chi connectivity index (χ0n) is 16.2. The third-order valence-corrected chi connectivity index (χ3v) is 5.20. The van der Waals surface area contributed by atoms with Gasteiger partial charge in [0.15, 0.2) is 0 Å². The fourth-order valence-corrected chi connectivity index (χ4v) is 3.55. The van der Waals surface area contributed by atoms with Gasteiger partial charge in [-0.2, -0.15) is 0 Å². The van der Waals surface area contributed by atoms with E-state index in [0.717, 1.165) is 17.1 Å². The number of thioether (sulfide) groups is 1. The summed E-state index contributed by atoms with van der Waals surface area (Å²) in [4.78, 5) is 13.6. The average molecular weight is 392 g/mol. The molecule has 0 aliphatic heterocycles. The van der Waals surface area contributed by atoms with Crippen LogP contribution >= 0.6 is 11.8 Å². The zero-order valence-corrected chi connectivity index (χ0v) is 17.0. The number of nitrogens with one attached hydrogen (secondary N) is 1. The van der Waals surface area contributed by atoms with Gasteiger partial charge in [-0.25, -0.2) is 0 Å². The van der Waals surface area contributed by atoms with Gasteiger partial charge in [0.1, 0.15) is 5.75 Å². The van der Waals surface area contributed by atoms with Gasteiger partial charge >= 0.3 is 0 Å². The van der Waals surface area contributed by atoms with Gasteiger partial charge < -0.3 is 10.1 Å². The summed E-state index contributed by atoms with van der Waals surface area (Å²) in [5, 5.41) is 2.97. The number of ether oxygens (including phenoxy) is 1. The van der Waals surface area contributed by atoms with Gasteiger partial charge in [0.05, 0.1) is 6.10 Å². The Morgan fingerprint density at radius 2 is 1.54 bits per heavy atom. The summed E-state index contributed by atoms with van der Waals surface area (Å²) in [7, 11) is 0. The third kappa shape index (κ3) is 6.17. The van der Waals surface area contributed by atoms with Gasteiger partial charge in [-0.3, -0.25) is 4.79 Å². The number of benzene rings is 3. The van der Waals surface area contributed by atoms with Crippen molar-refractivity contribution in [3.63, 3.8) is 0 Å². The lowest BCUT2D eigenvalue weighted by Crippen LogP contribution is -2.22. The molecule has 0 bridgehead atoms. The second kappa shape index (κ2) is 10.00. The lowest BCUT2D eigenvalue weighted by atomic mass is 10.1. The number of hydrogen-bond acceptors (Lipinski definition) is 3. The van der Waals surface area contributed by atoms with E-state index in [-0.39, 0.29) is 12.0 Å². The average Bonchev–Trinajstić information content (AvgIpc) is 2.72. The molecule has 0 atom stereocenters. The summed E-state index contributed by atoms with van der Waals surface area (Å²) in [6.07, 6.45) is 0.152. The zero-order chi connectivity index (χ0) is 19.8. The highest BCUT2D eigenvalue weighted by molar-refractivity contribution is 7.98. The Kier molecular flexibility index (Phi) is 7.15. The highest BCUT2D eigenvalue weighted by Gasteiger charge is 2.06. The lowest BCUT2D eigenvalue weighted by Gasteiger charge is -2.10. The van der Waals surface area contributed by atoms with Crippen LogP contribution in [0, 0.1) is 0 Å². The monoisotopic (exact) mass is 391 g/mol. The van der Waals surface area contributed by atoms with E-state index in [1.165, 1.54) is 10.5 Å². The van der Waals surface area contributed by atoms with Crippen molar-refractivity contribution in [3.8, 4) is 5.75 Å². The molecule has 1 amide bonds. The molecule has 0 aliphatic rings. The smallest absolute Gasteiger partial charge is 0.251 e. The van der Waals surface area contributed by atoms with Crippen LogP contribution in [0.3, 0.4) is 0 Å². The molecule has 0 spiro atoms. The molecule has 0 saturated carbocycles. The summed E-state index contributed by atoms with van der Waals surface area (Å²) < 4.78 is 5.63. The molecule has 3 rings (SSSR count). The quantitative estimate of drug-likeness (QED) is 0.501. The molecule has 3 aromatic rings. The Labute approximate surface area is 171 Å². The Hall–Kier alpha value is -2.72. The maximum atomic E-state index is 12.4. The topological polar surface area (TPSA) is 38.3 Å². The molecule has 0 radical (unpaired) electrons. The van der Waals surface area contributed by atoms with Gasteiger partial charge in [0, 0.05) is 22.8 Å². The number of amides is 1. The minimum atomic E-state index is -0.0650. The van der Waals surface area contributed by atoms with E-state index in [2.05, 4.69) is 17.4 Å². The lowest BCUT2D eigenvalue weighted by molar-refractivity contribution is 0.0951. The first kappa shape index (κ1) is 20.0. The maximum absolute atomic E-state index is 12.4. The SMILES string of the molecule is CC(C)Oc1ccc(CNC(=O)c2ccc(CSc3ccccc3)cc2)cc1. The van der Waals surface area contributed by atoms with Crippen molar-refractivity contribution < 1.29 is 9.53 Å². The van der Waals surface area contributed by atoms with E-state index >= 15 is 0 Å². The molecule has 0 saturated heterocycles. The predicted molar refractivity (Wildman–Crippen MR) is 116 cm³/mol. The molecular formula is C24H25NO2S. The van der Waals surface area contributed by atoms with Crippen molar-refractivity contribution >= 4 is 17.7 Å². The third-order valence-electron chi connectivity index (χ3n) is 4.11. The normalized spacial score (nSPS) is 10.7. The minimum Gasteiger partial charge on any atom is -0.491 e. The van der Waals surface area contributed by atoms with Crippen LogP contribution in [-0.4, -0.2) is 12.0 Å². The Balaban J connectivity index is 1.49. The van der Waals surface area contributed by atoms with Gasteiger partial charge in [-0.05, 0) is 61.4 Å². The van der Waals surface area contributed by atoms with Gasteiger partial charge in [-0.1, -0.05) is 42.5 Å². The Bertz CT molecular complexity index is 875. The van der Waals surface area contributed by atoms with Crippen LogP contribution in [-0.2, 0) is 12.3 Å². The van der Waals surface area contributed by atoms with Crippen molar-refractivity contribution in [2.75, 3.05) is 0 Å². The molecule has 1 N–H and O–H groups in total. The van der Waals surface area contributed by atoms with E-state index in [4.69, 9.17) is 4.74 Å². The van der Waals surface area contributed by atoms with Crippen molar-refractivity contribution in [2.45, 2.75) is 37.1 Å². The molecule has 3 aromatic carbocycles. The van der Waals surface area contributed by atoms with Crippen LogP contribution in [0.25, 0.3) is 0 Å². The summed E-state index contributed by atoms with van der Waals surface area (Å²) in [6.45, 7) is 4.49. The molecule has 0 unspecified atom stereocenters. The molecule has 0 fully saturated rings. The van der Waals surface area contributed by atoms with Crippen LogP contribution in [0.5, 0.6) is 5.75 Å². The number of carbonyl (C=O) groups excluding carboxylic acids is 1. The Morgan fingerprint density at radius 1 is 0.893 bits per heavy atom. The van der Waals surface area contributed by atoms with Crippen molar-refractivity contribution in [1.82, 2.24) is 5.32 Å². The van der Waals surface area contributed by atoms with E-state index in [9.17, 15) is 4.79 Å². The van der Waals surface area contributed by atoms with Crippen LogP contribution in [0.1, 0.15) is 35.3 Å². The van der Waals surface area contributed by atoms with Crippen molar-refractivity contribution in [3.05, 3.63) is 95.6 Å². The fraction of sp³-hybridized carbons (Fsp3) is 0.208. The van der Waals surface area contributed by atoms with E-state index in [1.807, 2.05) is 80.6 Å². The van der Waals surface area contributed by atoms with E-state index in [1.54, 1.807) is 11.8 Å². The van der Waals surface area contributed by atoms with Crippen LogP contribution in [0.4, 0.5) is 0 Å². The van der Waals surface area contributed by atoms with Crippen LogP contribution in [0.15, 0.2) is 83.8 Å². The number of carbonyl (C=O) groups is 1. The van der Waals surface area contributed by atoms with Crippen molar-refractivity contribution in [1.29, 1.82) is 0 Å². The summed E-state index contributed by atoms with van der Waals surface area (Å²) >= 11 is 1.79. The maximum Gasteiger partial charge on any atom is 0.251 e. The van der Waals surface area contributed by atoms with Crippen LogP contribution < -0.4 is 10.1 Å². The van der Waals surface area contributed by atoms with E-state index < -0.39 is 0 Å². The Morgan fingerprint density at radius 3 is 2.18 bits per heavy atom. The largest absolute Gasteiger partial charge is 0.491 e. The summed E-state index contributed by atoms with van der Waals surface area (Å²) in [6, 6.07) is 25.9. The highest BCUT2D eigenvalue weighted by atomic mass is 32.2. The highest BCUT2D eigenvalue weighted by Crippen LogP contribution is 2.22. The first-order chi connectivity index (χ1) is 13.6. The molecule has 3 nitrogen and oxygen atoms in total. The molecule has 28 heavy (non-hydrogen) atoms. The second-order valence-electron chi connectivity index (χ2n) is 6.79. The molecule has 144 valence electrons. The summed E-state index contributed by atoms with van der Waals surface area (Å²) in [5.74, 6) is 1.66. The van der Waals surface area contributed by atoms with Crippen LogP contribution in [0.2, 0.25) is 0 Å².